The molecule has 0 aliphatic heterocycles. The maximum Gasteiger partial charge on any atom is 0.283 e. The molecule has 0 aliphatic carbocycles. The van der Waals surface area contributed by atoms with Crippen LogP contribution in [-0.4, -0.2) is 33.3 Å². The van der Waals surface area contributed by atoms with E-state index in [2.05, 4.69) is 10.3 Å². The number of aromatic amines is 1. The Morgan fingerprint density at radius 2 is 1.76 bits per heavy atom. The molecule has 0 aliphatic rings. The maximum absolute atomic E-state index is 13.6. The third kappa shape index (κ3) is 3.96. The Labute approximate surface area is 193 Å². The third-order valence-electron chi connectivity index (χ3n) is 5.21. The van der Waals surface area contributed by atoms with Crippen molar-refractivity contribution in [2.75, 3.05) is 18.2 Å². The molecule has 1 amide bonds. The molecule has 5 rings (SSSR count). The number of nitrogens with one attached hydrogen (secondary N) is 2. The number of carbonyl (C=O) groups excluding carboxylic acids is 1. The van der Waals surface area contributed by atoms with E-state index in [9.17, 15) is 9.59 Å². The molecule has 0 unspecified atom stereocenters. The molecule has 0 saturated heterocycles. The summed E-state index contributed by atoms with van der Waals surface area (Å²) >= 11 is 1.20. The first-order valence-electron chi connectivity index (χ1n) is 10.3. The number of methoxy groups -OCH3 is 1. The predicted molar refractivity (Wildman–Crippen MR) is 132 cm³/mol. The number of ether oxygens (including phenoxy) is 1. The van der Waals surface area contributed by atoms with Crippen LogP contribution >= 0.6 is 11.8 Å². The standard InChI is InChI=1S/C25H20N4O3S/c1-32-20-14-8-7-13-19(20)29-24(31)23-22(17-11-5-6-12-18(17)27-23)28-25(29)33-15-21(30)26-16-9-3-2-4-10-16/h2-14,27H,15H2,1H3,(H,26,30). The summed E-state index contributed by atoms with van der Waals surface area (Å²) in [7, 11) is 1.55. The lowest BCUT2D eigenvalue weighted by atomic mass is 10.2. The second-order valence-electron chi connectivity index (χ2n) is 7.30. The van der Waals surface area contributed by atoms with E-state index in [1.807, 2.05) is 66.7 Å². The number of rotatable bonds is 6. The summed E-state index contributed by atoms with van der Waals surface area (Å²) in [6, 6.07) is 24.1. The van der Waals surface area contributed by atoms with E-state index in [1.54, 1.807) is 19.2 Å². The normalized spacial score (nSPS) is 11.1. The number of aromatic nitrogens is 3. The number of thioether (sulfide) groups is 1. The molecule has 0 fully saturated rings. The number of nitrogens with zero attached hydrogens (tertiary/aromatic N) is 2. The average molecular weight is 457 g/mol. The van der Waals surface area contributed by atoms with Crippen molar-refractivity contribution in [3.8, 4) is 11.4 Å². The van der Waals surface area contributed by atoms with E-state index in [1.165, 1.54) is 16.3 Å². The van der Waals surface area contributed by atoms with Gasteiger partial charge in [0.05, 0.1) is 18.6 Å². The van der Waals surface area contributed by atoms with Gasteiger partial charge in [0.15, 0.2) is 5.16 Å². The molecule has 2 aromatic heterocycles. The summed E-state index contributed by atoms with van der Waals surface area (Å²) in [5, 5.41) is 4.13. The summed E-state index contributed by atoms with van der Waals surface area (Å²) in [6.07, 6.45) is 0. The fourth-order valence-electron chi connectivity index (χ4n) is 3.71. The van der Waals surface area contributed by atoms with E-state index >= 15 is 0 Å². The van der Waals surface area contributed by atoms with Crippen LogP contribution in [0, 0.1) is 0 Å². The van der Waals surface area contributed by atoms with Crippen LogP contribution in [0.2, 0.25) is 0 Å². The van der Waals surface area contributed by atoms with Crippen LogP contribution in [-0.2, 0) is 4.79 Å². The Morgan fingerprint density at radius 3 is 2.58 bits per heavy atom. The minimum atomic E-state index is -0.258. The van der Waals surface area contributed by atoms with Gasteiger partial charge in [-0.3, -0.25) is 9.59 Å². The largest absolute Gasteiger partial charge is 0.495 e. The number of benzene rings is 3. The fourth-order valence-corrected chi connectivity index (χ4v) is 4.51. The quantitative estimate of drug-likeness (QED) is 0.288. The van der Waals surface area contributed by atoms with Gasteiger partial charge < -0.3 is 15.0 Å². The Balaban J connectivity index is 1.61. The molecular weight excluding hydrogens is 436 g/mol. The molecule has 33 heavy (non-hydrogen) atoms. The number of hydrogen-bond donors (Lipinski definition) is 2. The maximum atomic E-state index is 13.6. The van der Waals surface area contributed by atoms with Gasteiger partial charge >= 0.3 is 0 Å². The lowest BCUT2D eigenvalue weighted by molar-refractivity contribution is -0.113. The van der Waals surface area contributed by atoms with Gasteiger partial charge in [0.1, 0.15) is 16.8 Å². The molecule has 0 spiro atoms. The topological polar surface area (TPSA) is 89.0 Å². The molecule has 0 bridgehead atoms. The van der Waals surface area contributed by atoms with Crippen LogP contribution in [0.5, 0.6) is 5.75 Å². The van der Waals surface area contributed by atoms with Crippen molar-refractivity contribution in [3.63, 3.8) is 0 Å². The minimum Gasteiger partial charge on any atom is -0.495 e. The Bertz CT molecular complexity index is 1530. The molecule has 2 heterocycles. The van der Waals surface area contributed by atoms with Gasteiger partial charge in [0.2, 0.25) is 5.91 Å². The number of fused-ring (bicyclic) bond motifs is 3. The molecule has 8 heteroatoms. The summed E-state index contributed by atoms with van der Waals surface area (Å²) in [4.78, 5) is 34.2. The van der Waals surface area contributed by atoms with Crippen molar-refractivity contribution in [1.29, 1.82) is 0 Å². The number of hydrogen-bond acceptors (Lipinski definition) is 5. The number of anilines is 1. The van der Waals surface area contributed by atoms with Crippen molar-refractivity contribution in [3.05, 3.63) is 89.2 Å². The van der Waals surface area contributed by atoms with Crippen LogP contribution in [0.4, 0.5) is 5.69 Å². The molecule has 0 saturated carbocycles. The molecule has 2 N–H and O–H groups in total. The Kier molecular flexibility index (Phi) is 5.58. The van der Waals surface area contributed by atoms with Crippen LogP contribution in [0.15, 0.2) is 88.8 Å². The molecule has 7 nitrogen and oxygen atoms in total. The fraction of sp³-hybridized carbons (Fsp3) is 0.0800. The van der Waals surface area contributed by atoms with Crippen LogP contribution in [0.3, 0.4) is 0 Å². The second kappa shape index (κ2) is 8.84. The monoisotopic (exact) mass is 456 g/mol. The minimum absolute atomic E-state index is 0.0876. The SMILES string of the molecule is COc1ccccc1-n1c(SCC(=O)Nc2ccccc2)nc2c([nH]c3ccccc32)c1=O. The van der Waals surface area contributed by atoms with E-state index < -0.39 is 0 Å². The van der Waals surface area contributed by atoms with Crippen molar-refractivity contribution < 1.29 is 9.53 Å². The summed E-state index contributed by atoms with van der Waals surface area (Å²) in [5.74, 6) is 0.433. The molecule has 0 radical (unpaired) electrons. The Morgan fingerprint density at radius 1 is 1.03 bits per heavy atom. The van der Waals surface area contributed by atoms with Crippen LogP contribution in [0.1, 0.15) is 0 Å². The summed E-state index contributed by atoms with van der Waals surface area (Å²) in [5.41, 5.74) is 2.82. The van der Waals surface area contributed by atoms with Gasteiger partial charge in [0, 0.05) is 16.6 Å². The van der Waals surface area contributed by atoms with Gasteiger partial charge in [0.25, 0.3) is 5.56 Å². The van der Waals surface area contributed by atoms with Crippen molar-refractivity contribution in [1.82, 2.24) is 14.5 Å². The third-order valence-corrected chi connectivity index (χ3v) is 6.15. The first-order chi connectivity index (χ1) is 16.2. The summed E-state index contributed by atoms with van der Waals surface area (Å²) in [6.45, 7) is 0. The highest BCUT2D eigenvalue weighted by atomic mass is 32.2. The van der Waals surface area contributed by atoms with E-state index in [4.69, 9.17) is 9.72 Å². The number of amides is 1. The molecule has 0 atom stereocenters. The first kappa shape index (κ1) is 20.8. The molecule has 3 aromatic carbocycles. The van der Waals surface area contributed by atoms with Crippen LogP contribution in [0.25, 0.3) is 27.6 Å². The highest BCUT2D eigenvalue weighted by molar-refractivity contribution is 7.99. The van der Waals surface area contributed by atoms with E-state index in [-0.39, 0.29) is 17.2 Å². The zero-order chi connectivity index (χ0) is 22.8. The van der Waals surface area contributed by atoms with Crippen molar-refractivity contribution in [2.24, 2.45) is 0 Å². The lowest BCUT2D eigenvalue weighted by Crippen LogP contribution is -2.23. The molecule has 5 aromatic rings. The van der Waals surface area contributed by atoms with Gasteiger partial charge in [-0.2, -0.15) is 0 Å². The summed E-state index contributed by atoms with van der Waals surface area (Å²) < 4.78 is 7.00. The first-order valence-corrected chi connectivity index (χ1v) is 11.3. The highest BCUT2D eigenvalue weighted by Crippen LogP contribution is 2.29. The molecule has 164 valence electrons. The van der Waals surface area contributed by atoms with Crippen molar-refractivity contribution >= 4 is 45.3 Å². The van der Waals surface area contributed by atoms with Gasteiger partial charge in [-0.25, -0.2) is 9.55 Å². The highest BCUT2D eigenvalue weighted by Gasteiger charge is 2.20. The van der Waals surface area contributed by atoms with E-state index in [0.717, 1.165) is 10.9 Å². The smallest absolute Gasteiger partial charge is 0.283 e. The van der Waals surface area contributed by atoms with E-state index in [0.29, 0.717) is 33.3 Å². The second-order valence-corrected chi connectivity index (χ2v) is 8.25. The van der Waals surface area contributed by atoms with Crippen molar-refractivity contribution in [2.45, 2.75) is 5.16 Å². The predicted octanol–water partition coefficient (Wildman–Crippen LogP) is 4.61. The average Bonchev–Trinajstić information content (AvgIpc) is 3.22. The van der Waals surface area contributed by atoms with Gasteiger partial charge in [-0.15, -0.1) is 0 Å². The van der Waals surface area contributed by atoms with Gasteiger partial charge in [-0.1, -0.05) is 60.3 Å². The Hall–Kier alpha value is -4.04. The lowest BCUT2D eigenvalue weighted by Gasteiger charge is -2.15. The number of para-hydroxylation sites is 4. The number of carbonyl (C=O) groups is 1. The molecular formula is C25H20N4O3S. The van der Waals surface area contributed by atoms with Gasteiger partial charge in [-0.05, 0) is 30.3 Å². The number of H-pyrrole nitrogens is 1. The zero-order valence-electron chi connectivity index (χ0n) is 17.7. The van der Waals surface area contributed by atoms with Crippen LogP contribution < -0.4 is 15.6 Å². The zero-order valence-corrected chi connectivity index (χ0v) is 18.6.